The van der Waals surface area contributed by atoms with Crippen molar-refractivity contribution in [1.82, 2.24) is 0 Å². The van der Waals surface area contributed by atoms with E-state index in [2.05, 4.69) is 32.9 Å². The van der Waals surface area contributed by atoms with E-state index in [0.717, 1.165) is 3.57 Å². The van der Waals surface area contributed by atoms with Crippen LogP contribution in [0.2, 0.25) is 0 Å². The Morgan fingerprint density at radius 1 is 0.923 bits per heavy atom. The summed E-state index contributed by atoms with van der Waals surface area (Å²) >= 11 is -0.333. The maximum atomic E-state index is 11.0. The number of aryl methyl sites for hydroxylation is 3. The summed E-state index contributed by atoms with van der Waals surface area (Å²) in [5.74, 6) is -0.858. The van der Waals surface area contributed by atoms with Gasteiger partial charge in [0.1, 0.15) is 0 Å². The summed E-state index contributed by atoms with van der Waals surface area (Å²) in [6.45, 7) is 6.37. The zero-order chi connectivity index (χ0) is 20.4. The average molecular weight is 512 g/mol. The molecular formula is C16H16F6IO2P. The van der Waals surface area contributed by atoms with E-state index in [-0.39, 0.29) is 21.2 Å². The van der Waals surface area contributed by atoms with Gasteiger partial charge in [-0.2, -0.15) is 0 Å². The fourth-order valence-corrected chi connectivity index (χ4v) is 4.76. The van der Waals surface area contributed by atoms with Crippen LogP contribution in [0.15, 0.2) is 36.4 Å². The molecule has 0 aliphatic heterocycles. The topological polar surface area (TPSA) is 37.3 Å². The summed E-state index contributed by atoms with van der Waals surface area (Å²) in [7, 11) is -10.7. The van der Waals surface area contributed by atoms with Crippen molar-refractivity contribution >= 4 is 13.8 Å². The molecule has 0 unspecified atom stereocenters. The zero-order valence-corrected chi connectivity index (χ0v) is 17.0. The molecule has 146 valence electrons. The van der Waals surface area contributed by atoms with E-state index in [9.17, 15) is 30.0 Å². The van der Waals surface area contributed by atoms with Crippen molar-refractivity contribution in [2.75, 3.05) is 0 Å². The Kier molecular flexibility index (Phi) is 6.10. The van der Waals surface area contributed by atoms with Crippen LogP contribution < -0.4 is 21.2 Å². The van der Waals surface area contributed by atoms with Crippen LogP contribution in [-0.2, 0) is 0 Å². The first-order chi connectivity index (χ1) is 11.4. The molecule has 26 heavy (non-hydrogen) atoms. The second-order valence-corrected chi connectivity index (χ2v) is 10.4. The molecule has 10 heteroatoms. The average Bonchev–Trinajstić information content (AvgIpc) is 2.39. The van der Waals surface area contributed by atoms with Gasteiger partial charge in [-0.1, -0.05) is 23.8 Å². The Balaban J connectivity index is 0.000000412. The SMILES string of the molecule is Cc1cc(C)c([I+]c2cccc(C(=O)O)c2)c(C)c1.F[P-](F)(F)(F)(F)F. The number of hydrogen-bond acceptors (Lipinski definition) is 1. The maximum absolute atomic E-state index is 11.0. The minimum absolute atomic E-state index is 0.333. The van der Waals surface area contributed by atoms with E-state index in [1.54, 1.807) is 12.1 Å². The Morgan fingerprint density at radius 3 is 1.81 bits per heavy atom. The van der Waals surface area contributed by atoms with Gasteiger partial charge >= 0.3 is 60.2 Å². The van der Waals surface area contributed by atoms with Crippen LogP contribution in [0.3, 0.4) is 0 Å². The van der Waals surface area contributed by atoms with Gasteiger partial charge in [-0.3, -0.25) is 0 Å². The van der Waals surface area contributed by atoms with Crippen molar-refractivity contribution in [3.8, 4) is 0 Å². The summed E-state index contributed by atoms with van der Waals surface area (Å²) in [5.41, 5.74) is 4.28. The quantitative estimate of drug-likeness (QED) is 0.386. The van der Waals surface area contributed by atoms with Gasteiger partial charge in [-0.25, -0.2) is 4.79 Å². The van der Waals surface area contributed by atoms with E-state index in [0.29, 0.717) is 5.56 Å². The molecule has 0 atom stereocenters. The molecule has 2 rings (SSSR count). The summed E-state index contributed by atoms with van der Waals surface area (Å²) < 4.78 is 61.7. The van der Waals surface area contributed by atoms with Crippen LogP contribution in [-0.4, -0.2) is 11.1 Å². The molecular weight excluding hydrogens is 496 g/mol. The molecule has 0 amide bonds. The van der Waals surface area contributed by atoms with Gasteiger partial charge in [0.15, 0.2) is 7.14 Å². The molecule has 0 saturated carbocycles. The van der Waals surface area contributed by atoms with Gasteiger partial charge in [0.2, 0.25) is 0 Å². The first kappa shape index (κ1) is 22.7. The van der Waals surface area contributed by atoms with Crippen molar-refractivity contribution < 1.29 is 56.3 Å². The minimum atomic E-state index is -10.7. The predicted octanol–water partition coefficient (Wildman–Crippen LogP) is 3.82. The Labute approximate surface area is 156 Å². The summed E-state index contributed by atoms with van der Waals surface area (Å²) in [6, 6.07) is 11.7. The Bertz CT molecular complexity index is 800. The van der Waals surface area contributed by atoms with E-state index < -0.39 is 13.8 Å². The first-order valence-corrected chi connectivity index (χ1v) is 11.2. The second-order valence-electron chi connectivity index (χ2n) is 5.58. The standard InChI is InChI=1S/C16H15IO2.F6P/c1-10-7-11(2)15(12(3)8-10)17-14-6-4-5-13(9-14)16(18)19;1-7(2,3,4,5)6/h4-9H,1-3H3;/q;-1/p+1. The normalized spacial score (nSPS) is 13.9. The first-order valence-electron chi connectivity index (χ1n) is 7.05. The zero-order valence-electron chi connectivity index (χ0n) is 13.9. The van der Waals surface area contributed by atoms with Crippen LogP contribution in [0.25, 0.3) is 0 Å². The fraction of sp³-hybridized carbons (Fsp3) is 0.188. The number of halogens is 7. The number of benzene rings is 2. The van der Waals surface area contributed by atoms with Crippen LogP contribution in [0, 0.1) is 27.9 Å². The van der Waals surface area contributed by atoms with E-state index >= 15 is 0 Å². The molecule has 0 saturated heterocycles. The fourth-order valence-electron chi connectivity index (χ4n) is 2.10. The number of hydrogen-bond donors (Lipinski definition) is 1. The molecule has 0 aliphatic rings. The molecule has 0 heterocycles. The molecule has 0 radical (unpaired) electrons. The third kappa shape index (κ3) is 9.96. The van der Waals surface area contributed by atoms with E-state index in [1.807, 2.05) is 12.1 Å². The van der Waals surface area contributed by atoms with Crippen LogP contribution in [0.4, 0.5) is 25.2 Å². The molecule has 0 aliphatic carbocycles. The monoisotopic (exact) mass is 512 g/mol. The summed E-state index contributed by atoms with van der Waals surface area (Å²) in [6.07, 6.45) is 0. The molecule has 2 aromatic rings. The number of carbonyl (C=O) groups is 1. The molecule has 2 nitrogen and oxygen atoms in total. The van der Waals surface area contributed by atoms with E-state index in [4.69, 9.17) is 5.11 Å². The molecule has 0 bridgehead atoms. The van der Waals surface area contributed by atoms with Crippen molar-refractivity contribution in [2.24, 2.45) is 0 Å². The van der Waals surface area contributed by atoms with Gasteiger partial charge in [-0.05, 0) is 32.9 Å². The number of carboxylic acid groups (broad SMARTS) is 1. The van der Waals surface area contributed by atoms with Crippen LogP contribution >= 0.6 is 7.81 Å². The number of rotatable bonds is 3. The van der Waals surface area contributed by atoms with Crippen molar-refractivity contribution in [1.29, 1.82) is 0 Å². The van der Waals surface area contributed by atoms with Gasteiger partial charge in [0.25, 0.3) is 0 Å². The van der Waals surface area contributed by atoms with Crippen molar-refractivity contribution in [2.45, 2.75) is 20.8 Å². The molecule has 0 fully saturated rings. The Morgan fingerprint density at radius 2 is 1.38 bits per heavy atom. The van der Waals surface area contributed by atoms with E-state index in [1.165, 1.54) is 20.3 Å². The van der Waals surface area contributed by atoms with Crippen molar-refractivity contribution in [3.05, 3.63) is 65.8 Å². The molecule has 1 N–H and O–H groups in total. The second kappa shape index (κ2) is 6.99. The Hall–Kier alpha value is -1.35. The van der Waals surface area contributed by atoms with Crippen molar-refractivity contribution in [3.63, 3.8) is 0 Å². The number of carboxylic acids is 1. The van der Waals surface area contributed by atoms with Gasteiger partial charge < -0.3 is 5.11 Å². The van der Waals surface area contributed by atoms with Gasteiger partial charge in [0.05, 0.1) is 5.56 Å². The third-order valence-electron chi connectivity index (χ3n) is 2.86. The third-order valence-corrected chi connectivity index (χ3v) is 6.39. The molecule has 0 aromatic heterocycles. The van der Waals surface area contributed by atoms with Gasteiger partial charge in [0, 0.05) is 17.2 Å². The number of aromatic carboxylic acids is 1. The van der Waals surface area contributed by atoms with Crippen LogP contribution in [0.5, 0.6) is 0 Å². The van der Waals surface area contributed by atoms with Gasteiger partial charge in [-0.15, -0.1) is 0 Å². The summed E-state index contributed by atoms with van der Waals surface area (Å²) in [4.78, 5) is 11.0. The summed E-state index contributed by atoms with van der Waals surface area (Å²) in [5, 5.41) is 9.03. The van der Waals surface area contributed by atoms with Crippen LogP contribution in [0.1, 0.15) is 27.0 Å². The predicted molar refractivity (Wildman–Crippen MR) is 85.0 cm³/mol. The molecule has 0 spiro atoms. The molecule has 2 aromatic carbocycles.